The number of aromatic nitrogens is 1. The summed E-state index contributed by atoms with van der Waals surface area (Å²) in [7, 11) is 1.85. The largest absolute Gasteiger partial charge is 0.354 e. The highest BCUT2D eigenvalue weighted by molar-refractivity contribution is 5.56. The summed E-state index contributed by atoms with van der Waals surface area (Å²) < 4.78 is 0. The number of pyridine rings is 1. The molecule has 0 aliphatic carbocycles. The predicted octanol–water partition coefficient (Wildman–Crippen LogP) is 1.04. The van der Waals surface area contributed by atoms with E-state index in [-0.39, 0.29) is 10.6 Å². The summed E-state index contributed by atoms with van der Waals surface area (Å²) >= 11 is 0. The van der Waals surface area contributed by atoms with Crippen LogP contribution in [0, 0.1) is 16.0 Å². The Labute approximate surface area is 99.8 Å². The van der Waals surface area contributed by atoms with Gasteiger partial charge in [-0.25, -0.2) is 4.98 Å². The SMILES string of the molecule is CN(C[C@H]1CCNC1)c1ncccc1[N+](=O)[O-]. The van der Waals surface area contributed by atoms with E-state index >= 15 is 0 Å². The van der Waals surface area contributed by atoms with Crippen molar-refractivity contribution in [3.05, 3.63) is 28.4 Å². The monoisotopic (exact) mass is 236 g/mol. The van der Waals surface area contributed by atoms with E-state index in [9.17, 15) is 10.1 Å². The minimum absolute atomic E-state index is 0.0703. The molecule has 17 heavy (non-hydrogen) atoms. The van der Waals surface area contributed by atoms with Gasteiger partial charge in [-0.2, -0.15) is 0 Å². The molecular formula is C11H16N4O2. The zero-order valence-corrected chi connectivity index (χ0v) is 9.80. The Morgan fingerprint density at radius 2 is 2.53 bits per heavy atom. The van der Waals surface area contributed by atoms with Crippen LogP contribution >= 0.6 is 0 Å². The van der Waals surface area contributed by atoms with Gasteiger partial charge in [-0.1, -0.05) is 0 Å². The van der Waals surface area contributed by atoms with Crippen LogP contribution in [0.15, 0.2) is 18.3 Å². The molecule has 0 radical (unpaired) electrons. The van der Waals surface area contributed by atoms with E-state index in [1.165, 1.54) is 6.07 Å². The van der Waals surface area contributed by atoms with Gasteiger partial charge < -0.3 is 10.2 Å². The summed E-state index contributed by atoms with van der Waals surface area (Å²) in [6.07, 6.45) is 2.71. The molecule has 1 aromatic heterocycles. The van der Waals surface area contributed by atoms with Crippen molar-refractivity contribution in [1.29, 1.82) is 0 Å². The first-order chi connectivity index (χ1) is 8.18. The maximum absolute atomic E-state index is 10.9. The number of anilines is 1. The van der Waals surface area contributed by atoms with Gasteiger partial charge >= 0.3 is 5.69 Å². The van der Waals surface area contributed by atoms with Gasteiger partial charge in [0.2, 0.25) is 5.82 Å². The third-order valence-electron chi connectivity index (χ3n) is 3.02. The lowest BCUT2D eigenvalue weighted by Crippen LogP contribution is -2.28. The minimum Gasteiger partial charge on any atom is -0.354 e. The molecule has 1 aliphatic heterocycles. The topological polar surface area (TPSA) is 71.3 Å². The number of nitrogens with zero attached hydrogens (tertiary/aromatic N) is 3. The first-order valence-corrected chi connectivity index (χ1v) is 5.69. The molecule has 0 aromatic carbocycles. The molecule has 0 saturated carbocycles. The lowest BCUT2D eigenvalue weighted by atomic mass is 10.1. The molecule has 0 bridgehead atoms. The molecule has 2 heterocycles. The smallest absolute Gasteiger partial charge is 0.311 e. The lowest BCUT2D eigenvalue weighted by Gasteiger charge is -2.21. The molecule has 1 N–H and O–H groups in total. The number of hydrogen-bond donors (Lipinski definition) is 1. The van der Waals surface area contributed by atoms with Gasteiger partial charge in [0.1, 0.15) is 0 Å². The molecule has 0 spiro atoms. The Kier molecular flexibility index (Phi) is 3.53. The first kappa shape index (κ1) is 11.8. The van der Waals surface area contributed by atoms with E-state index in [4.69, 9.17) is 0 Å². The van der Waals surface area contributed by atoms with E-state index in [1.54, 1.807) is 12.3 Å². The van der Waals surface area contributed by atoms with Gasteiger partial charge in [-0.15, -0.1) is 0 Å². The highest BCUT2D eigenvalue weighted by Crippen LogP contribution is 2.25. The minimum atomic E-state index is -0.383. The standard InChI is InChI=1S/C11H16N4O2/c1-14(8-9-4-6-12-7-9)11-10(15(16)17)3-2-5-13-11/h2-3,5,9,12H,4,6-8H2,1H3/t9-/m0/s1. The third kappa shape index (κ3) is 2.71. The van der Waals surface area contributed by atoms with Gasteiger partial charge in [-0.3, -0.25) is 10.1 Å². The van der Waals surface area contributed by atoms with Crippen molar-refractivity contribution in [2.75, 3.05) is 31.6 Å². The van der Waals surface area contributed by atoms with Crippen molar-refractivity contribution in [3.63, 3.8) is 0 Å². The average Bonchev–Trinajstić information content (AvgIpc) is 2.81. The Balaban J connectivity index is 2.12. The summed E-state index contributed by atoms with van der Waals surface area (Å²) in [5.74, 6) is 0.992. The van der Waals surface area contributed by atoms with Crippen LogP contribution in [0.2, 0.25) is 0 Å². The zero-order chi connectivity index (χ0) is 12.3. The normalized spacial score (nSPS) is 19.2. The van der Waals surface area contributed by atoms with Crippen LogP contribution in [-0.4, -0.2) is 36.6 Å². The zero-order valence-electron chi connectivity index (χ0n) is 9.80. The highest BCUT2D eigenvalue weighted by Gasteiger charge is 2.22. The van der Waals surface area contributed by atoms with Crippen molar-refractivity contribution >= 4 is 11.5 Å². The summed E-state index contributed by atoms with van der Waals surface area (Å²) in [6, 6.07) is 3.08. The molecule has 1 atom stereocenters. The van der Waals surface area contributed by atoms with Gasteiger partial charge in [0.05, 0.1) is 4.92 Å². The first-order valence-electron chi connectivity index (χ1n) is 5.69. The van der Waals surface area contributed by atoms with Crippen molar-refractivity contribution < 1.29 is 4.92 Å². The summed E-state index contributed by atoms with van der Waals surface area (Å²) in [5.41, 5.74) is 0.0703. The molecule has 6 heteroatoms. The fourth-order valence-electron chi connectivity index (χ4n) is 2.17. The maximum atomic E-state index is 10.9. The van der Waals surface area contributed by atoms with E-state index in [0.717, 1.165) is 26.1 Å². The van der Waals surface area contributed by atoms with Gasteiger partial charge in [0, 0.05) is 25.9 Å². The molecule has 1 aromatic rings. The van der Waals surface area contributed by atoms with Crippen LogP contribution in [0.25, 0.3) is 0 Å². The number of hydrogen-bond acceptors (Lipinski definition) is 5. The molecular weight excluding hydrogens is 220 g/mol. The third-order valence-corrected chi connectivity index (χ3v) is 3.02. The van der Waals surface area contributed by atoms with E-state index in [0.29, 0.717) is 11.7 Å². The van der Waals surface area contributed by atoms with E-state index < -0.39 is 0 Å². The van der Waals surface area contributed by atoms with Crippen LogP contribution in [0.5, 0.6) is 0 Å². The van der Waals surface area contributed by atoms with Crippen LogP contribution in [0.1, 0.15) is 6.42 Å². The lowest BCUT2D eigenvalue weighted by molar-refractivity contribution is -0.384. The number of nitrogens with one attached hydrogen (secondary N) is 1. The molecule has 0 unspecified atom stereocenters. The van der Waals surface area contributed by atoms with Crippen LogP contribution in [0.4, 0.5) is 11.5 Å². The number of nitro groups is 1. The van der Waals surface area contributed by atoms with Crippen LogP contribution in [0.3, 0.4) is 0 Å². The van der Waals surface area contributed by atoms with Crippen molar-refractivity contribution in [3.8, 4) is 0 Å². The highest BCUT2D eigenvalue weighted by atomic mass is 16.6. The Morgan fingerprint density at radius 1 is 1.71 bits per heavy atom. The second-order valence-electron chi connectivity index (χ2n) is 4.34. The summed E-state index contributed by atoms with van der Waals surface area (Å²) in [6.45, 7) is 2.80. The fourth-order valence-corrected chi connectivity index (χ4v) is 2.17. The van der Waals surface area contributed by atoms with Crippen LogP contribution < -0.4 is 10.2 Å². The second kappa shape index (κ2) is 5.09. The van der Waals surface area contributed by atoms with Crippen molar-refractivity contribution in [2.24, 2.45) is 5.92 Å². The van der Waals surface area contributed by atoms with Crippen LogP contribution in [-0.2, 0) is 0 Å². The molecule has 92 valence electrons. The van der Waals surface area contributed by atoms with Gasteiger partial charge in [0.15, 0.2) is 0 Å². The second-order valence-corrected chi connectivity index (χ2v) is 4.34. The Hall–Kier alpha value is -1.69. The fraction of sp³-hybridized carbons (Fsp3) is 0.545. The van der Waals surface area contributed by atoms with Gasteiger partial charge in [0.25, 0.3) is 0 Å². The van der Waals surface area contributed by atoms with Crippen molar-refractivity contribution in [2.45, 2.75) is 6.42 Å². The van der Waals surface area contributed by atoms with E-state index in [2.05, 4.69) is 10.3 Å². The quantitative estimate of drug-likeness (QED) is 0.624. The number of rotatable bonds is 4. The Morgan fingerprint density at radius 3 is 3.18 bits per heavy atom. The molecule has 2 rings (SSSR count). The maximum Gasteiger partial charge on any atom is 0.311 e. The summed E-state index contributed by atoms with van der Waals surface area (Å²) in [4.78, 5) is 16.5. The molecule has 1 fully saturated rings. The Bertz CT molecular complexity index is 404. The predicted molar refractivity (Wildman–Crippen MR) is 65.1 cm³/mol. The molecule has 1 aliphatic rings. The van der Waals surface area contributed by atoms with E-state index in [1.807, 2.05) is 11.9 Å². The average molecular weight is 236 g/mol. The molecule has 6 nitrogen and oxygen atoms in total. The molecule has 1 saturated heterocycles. The summed E-state index contributed by atoms with van der Waals surface area (Å²) in [5, 5.41) is 14.2. The molecule has 0 amide bonds. The van der Waals surface area contributed by atoms with Crippen molar-refractivity contribution in [1.82, 2.24) is 10.3 Å². The van der Waals surface area contributed by atoms with Gasteiger partial charge in [-0.05, 0) is 31.5 Å².